The molecule has 31 heavy (non-hydrogen) atoms. The summed E-state index contributed by atoms with van der Waals surface area (Å²) in [5, 5.41) is 11.7. The maximum absolute atomic E-state index is 12.9. The van der Waals surface area contributed by atoms with Crippen LogP contribution in [0.15, 0.2) is 72.9 Å². The molecule has 4 aromatic rings. The Labute approximate surface area is 177 Å². The van der Waals surface area contributed by atoms with Gasteiger partial charge in [0, 0.05) is 18.3 Å². The van der Waals surface area contributed by atoms with Gasteiger partial charge in [-0.2, -0.15) is 13.2 Å². The molecule has 8 heteroatoms. The van der Waals surface area contributed by atoms with Crippen LogP contribution in [0.4, 0.5) is 19.0 Å². The number of rotatable bonds is 5. The van der Waals surface area contributed by atoms with Gasteiger partial charge in [0.1, 0.15) is 11.4 Å². The van der Waals surface area contributed by atoms with E-state index < -0.39 is 11.7 Å². The lowest BCUT2D eigenvalue weighted by Gasteiger charge is -2.13. The average molecular weight is 421 g/mol. The number of nitrogens with one attached hydrogen (secondary N) is 1. The van der Waals surface area contributed by atoms with Crippen LogP contribution in [0, 0.1) is 6.92 Å². The molecule has 2 aromatic carbocycles. The van der Waals surface area contributed by atoms with Gasteiger partial charge in [-0.05, 0) is 42.3 Å². The van der Waals surface area contributed by atoms with Gasteiger partial charge in [0.25, 0.3) is 0 Å². The van der Waals surface area contributed by atoms with Crippen molar-refractivity contribution in [1.29, 1.82) is 0 Å². The molecule has 0 bridgehead atoms. The molecule has 0 saturated heterocycles. The van der Waals surface area contributed by atoms with Crippen molar-refractivity contribution in [1.82, 2.24) is 20.2 Å². The molecule has 0 atom stereocenters. The lowest BCUT2D eigenvalue weighted by atomic mass is 10.1. The first-order valence-corrected chi connectivity index (χ1v) is 9.54. The molecular formula is C23H18F3N5. The molecule has 2 aromatic heterocycles. The summed E-state index contributed by atoms with van der Waals surface area (Å²) in [6.45, 7) is 2.48. The van der Waals surface area contributed by atoms with E-state index in [-0.39, 0.29) is 0 Å². The van der Waals surface area contributed by atoms with E-state index in [1.54, 1.807) is 18.3 Å². The molecule has 0 aliphatic heterocycles. The SMILES string of the molecule is Cc1ccccc1CNc1nc(-c2ccccn2)nnc1-c1ccc(C(F)(F)F)cc1. The normalized spacial score (nSPS) is 11.4. The van der Waals surface area contributed by atoms with Gasteiger partial charge in [-0.15, -0.1) is 10.2 Å². The number of anilines is 1. The lowest BCUT2D eigenvalue weighted by molar-refractivity contribution is -0.137. The molecule has 0 aliphatic carbocycles. The van der Waals surface area contributed by atoms with Crippen LogP contribution in [-0.2, 0) is 12.7 Å². The third-order valence-electron chi connectivity index (χ3n) is 4.77. The highest BCUT2D eigenvalue weighted by Crippen LogP contribution is 2.32. The van der Waals surface area contributed by atoms with Crippen molar-refractivity contribution in [3.8, 4) is 22.8 Å². The first-order chi connectivity index (χ1) is 14.9. The third-order valence-corrected chi connectivity index (χ3v) is 4.77. The van der Waals surface area contributed by atoms with Crippen LogP contribution in [0.3, 0.4) is 0 Å². The quantitative estimate of drug-likeness (QED) is 0.458. The van der Waals surface area contributed by atoms with E-state index in [0.29, 0.717) is 35.1 Å². The van der Waals surface area contributed by atoms with Crippen molar-refractivity contribution in [3.05, 3.63) is 89.6 Å². The number of benzene rings is 2. The van der Waals surface area contributed by atoms with E-state index in [4.69, 9.17) is 0 Å². The Morgan fingerprint density at radius 3 is 2.29 bits per heavy atom. The lowest BCUT2D eigenvalue weighted by Crippen LogP contribution is -2.08. The van der Waals surface area contributed by atoms with E-state index in [0.717, 1.165) is 23.3 Å². The monoisotopic (exact) mass is 421 g/mol. The molecule has 0 spiro atoms. The Bertz CT molecular complexity index is 1180. The van der Waals surface area contributed by atoms with Gasteiger partial charge in [0.2, 0.25) is 5.82 Å². The Morgan fingerprint density at radius 2 is 1.61 bits per heavy atom. The smallest absolute Gasteiger partial charge is 0.364 e. The van der Waals surface area contributed by atoms with Crippen LogP contribution in [0.25, 0.3) is 22.8 Å². The van der Waals surface area contributed by atoms with Crippen LogP contribution in [0.1, 0.15) is 16.7 Å². The fourth-order valence-electron chi connectivity index (χ4n) is 3.05. The summed E-state index contributed by atoms with van der Waals surface area (Å²) in [6.07, 6.45) is -2.78. The second-order valence-electron chi connectivity index (χ2n) is 6.90. The molecule has 156 valence electrons. The maximum Gasteiger partial charge on any atom is 0.416 e. The highest BCUT2D eigenvalue weighted by atomic mass is 19.4. The van der Waals surface area contributed by atoms with Crippen molar-refractivity contribution >= 4 is 5.82 Å². The predicted molar refractivity (Wildman–Crippen MR) is 112 cm³/mol. The molecule has 0 unspecified atom stereocenters. The van der Waals surface area contributed by atoms with Crippen LogP contribution >= 0.6 is 0 Å². The van der Waals surface area contributed by atoms with Gasteiger partial charge in [-0.1, -0.05) is 42.5 Å². The van der Waals surface area contributed by atoms with Gasteiger partial charge in [0.15, 0.2) is 5.82 Å². The molecule has 0 fully saturated rings. The number of pyridine rings is 1. The average Bonchev–Trinajstić information content (AvgIpc) is 2.78. The van der Waals surface area contributed by atoms with Gasteiger partial charge in [0.05, 0.1) is 5.56 Å². The summed E-state index contributed by atoms with van der Waals surface area (Å²) >= 11 is 0. The number of aryl methyl sites for hydroxylation is 1. The Morgan fingerprint density at radius 1 is 0.871 bits per heavy atom. The fourth-order valence-corrected chi connectivity index (χ4v) is 3.05. The topological polar surface area (TPSA) is 63.6 Å². The number of alkyl halides is 3. The van der Waals surface area contributed by atoms with Crippen LogP contribution in [0.2, 0.25) is 0 Å². The van der Waals surface area contributed by atoms with E-state index >= 15 is 0 Å². The maximum atomic E-state index is 12.9. The van der Waals surface area contributed by atoms with Crippen molar-refractivity contribution in [3.63, 3.8) is 0 Å². The zero-order valence-electron chi connectivity index (χ0n) is 16.6. The summed E-state index contributed by atoms with van der Waals surface area (Å²) in [4.78, 5) is 8.81. The van der Waals surface area contributed by atoms with Crippen molar-refractivity contribution in [2.24, 2.45) is 0 Å². The second kappa shape index (κ2) is 8.51. The molecule has 0 amide bonds. The number of halogens is 3. The minimum Gasteiger partial charge on any atom is -0.364 e. The van der Waals surface area contributed by atoms with Crippen LogP contribution < -0.4 is 5.32 Å². The predicted octanol–water partition coefficient (Wildman–Crippen LogP) is 5.54. The molecule has 0 aliphatic rings. The minimum atomic E-state index is -4.41. The molecule has 0 saturated carbocycles. The Balaban J connectivity index is 1.72. The zero-order chi connectivity index (χ0) is 21.8. The van der Waals surface area contributed by atoms with E-state index in [9.17, 15) is 13.2 Å². The van der Waals surface area contributed by atoms with Crippen molar-refractivity contribution < 1.29 is 13.2 Å². The number of aromatic nitrogens is 4. The molecule has 5 nitrogen and oxygen atoms in total. The molecule has 2 heterocycles. The molecule has 4 rings (SSSR count). The number of nitrogens with zero attached hydrogens (tertiary/aromatic N) is 4. The van der Waals surface area contributed by atoms with Crippen molar-refractivity contribution in [2.45, 2.75) is 19.6 Å². The first kappa shape index (κ1) is 20.5. The molecule has 1 N–H and O–H groups in total. The van der Waals surface area contributed by atoms with Crippen molar-refractivity contribution in [2.75, 3.05) is 5.32 Å². The summed E-state index contributed by atoms with van der Waals surface area (Å²) in [5.74, 6) is 0.738. The van der Waals surface area contributed by atoms with E-state index in [1.165, 1.54) is 12.1 Å². The third kappa shape index (κ3) is 4.69. The summed E-state index contributed by atoms with van der Waals surface area (Å²) in [5.41, 5.74) is 2.84. The van der Waals surface area contributed by atoms with E-state index in [1.807, 2.05) is 37.3 Å². The van der Waals surface area contributed by atoms with Gasteiger partial charge in [-0.25, -0.2) is 4.98 Å². The minimum absolute atomic E-state index is 0.323. The largest absolute Gasteiger partial charge is 0.416 e. The zero-order valence-corrected chi connectivity index (χ0v) is 16.6. The van der Waals surface area contributed by atoms with E-state index in [2.05, 4.69) is 25.5 Å². The fraction of sp³-hybridized carbons (Fsp3) is 0.130. The Hall–Kier alpha value is -3.81. The molecular weight excluding hydrogens is 403 g/mol. The number of hydrogen-bond donors (Lipinski definition) is 1. The van der Waals surface area contributed by atoms with Gasteiger partial charge in [-0.3, -0.25) is 4.98 Å². The second-order valence-corrected chi connectivity index (χ2v) is 6.90. The number of hydrogen-bond acceptors (Lipinski definition) is 5. The summed E-state index contributed by atoms with van der Waals surface area (Å²) < 4.78 is 38.8. The standard InChI is InChI=1S/C23H18F3N5/c1-15-6-2-3-7-17(15)14-28-22-20(16-9-11-18(12-10-16)23(24,25)26)30-31-21(29-22)19-8-4-5-13-27-19/h2-13H,14H2,1H3,(H,28,29,31). The van der Waals surface area contributed by atoms with Crippen LogP contribution in [-0.4, -0.2) is 20.2 Å². The highest BCUT2D eigenvalue weighted by Gasteiger charge is 2.30. The summed E-state index contributed by atoms with van der Waals surface area (Å²) in [7, 11) is 0. The first-order valence-electron chi connectivity index (χ1n) is 9.54. The van der Waals surface area contributed by atoms with Crippen LogP contribution in [0.5, 0.6) is 0 Å². The summed E-state index contributed by atoms with van der Waals surface area (Å²) in [6, 6.07) is 18.0. The molecule has 0 radical (unpaired) electrons. The Kier molecular flexibility index (Phi) is 5.62. The van der Waals surface area contributed by atoms with Gasteiger partial charge < -0.3 is 5.32 Å². The van der Waals surface area contributed by atoms with Gasteiger partial charge >= 0.3 is 6.18 Å². The highest BCUT2D eigenvalue weighted by molar-refractivity contribution is 5.72.